The van der Waals surface area contributed by atoms with E-state index < -0.39 is 0 Å². The first kappa shape index (κ1) is 5.88. The fourth-order valence-electron chi connectivity index (χ4n) is 0.572. The van der Waals surface area contributed by atoms with Crippen molar-refractivity contribution in [1.29, 1.82) is 0 Å². The molecule has 1 rings (SSSR count). The van der Waals surface area contributed by atoms with Crippen molar-refractivity contribution in [3.05, 3.63) is 24.3 Å². The van der Waals surface area contributed by atoms with Gasteiger partial charge in [-0.1, -0.05) is 6.58 Å². The van der Waals surface area contributed by atoms with Crippen molar-refractivity contribution in [3.63, 3.8) is 0 Å². The van der Waals surface area contributed by atoms with Crippen LogP contribution in [-0.2, 0) is 0 Å². The fraction of sp³-hybridized carbons (Fsp3) is 0.167. The van der Waals surface area contributed by atoms with Crippen LogP contribution in [0.1, 0.15) is 0 Å². The van der Waals surface area contributed by atoms with E-state index in [9.17, 15) is 0 Å². The van der Waals surface area contributed by atoms with Crippen LogP contribution < -0.4 is 5.73 Å². The van der Waals surface area contributed by atoms with Crippen molar-refractivity contribution in [2.24, 2.45) is 10.7 Å². The van der Waals surface area contributed by atoms with Crippen molar-refractivity contribution in [2.75, 3.05) is 7.05 Å². The first-order valence-electron chi connectivity index (χ1n) is 2.63. The molecule has 0 radical (unpaired) electrons. The number of hydrogen-bond acceptors (Lipinski definition) is 3. The zero-order chi connectivity index (χ0) is 6.85. The first-order valence-corrected chi connectivity index (χ1v) is 2.63. The Balaban J connectivity index is 2.82. The molecule has 0 fully saturated rings. The van der Waals surface area contributed by atoms with Gasteiger partial charge in [0.2, 0.25) is 0 Å². The lowest BCUT2D eigenvalue weighted by atomic mass is 10.4. The van der Waals surface area contributed by atoms with E-state index in [-0.39, 0.29) is 0 Å². The molecule has 1 aliphatic rings. The van der Waals surface area contributed by atoms with E-state index in [1.54, 1.807) is 17.3 Å². The Hall–Kier alpha value is -1.25. The fourth-order valence-corrected chi connectivity index (χ4v) is 0.572. The zero-order valence-corrected chi connectivity index (χ0v) is 5.33. The highest BCUT2D eigenvalue weighted by molar-refractivity contribution is 5.78. The van der Waals surface area contributed by atoms with Crippen LogP contribution in [0.5, 0.6) is 0 Å². The minimum Gasteiger partial charge on any atom is -0.396 e. The first-order chi connectivity index (χ1) is 4.20. The van der Waals surface area contributed by atoms with Crippen molar-refractivity contribution in [1.82, 2.24) is 4.90 Å². The predicted molar refractivity (Wildman–Crippen MR) is 37.7 cm³/mol. The molecule has 48 valence electrons. The minimum atomic E-state index is 0.657. The second-order valence-electron chi connectivity index (χ2n) is 1.91. The standard InChI is InChI=1S/C6H9N3/c1-5-8-3-6(7)4-9(5)2/h3-4H,1,7H2,2H3. The van der Waals surface area contributed by atoms with Gasteiger partial charge in [0.05, 0.1) is 11.9 Å². The lowest BCUT2D eigenvalue weighted by molar-refractivity contribution is 0.556. The summed E-state index contributed by atoms with van der Waals surface area (Å²) in [4.78, 5) is 5.68. The molecule has 0 bridgehead atoms. The number of nitrogens with zero attached hydrogens (tertiary/aromatic N) is 2. The van der Waals surface area contributed by atoms with Gasteiger partial charge >= 0.3 is 0 Å². The van der Waals surface area contributed by atoms with E-state index in [0.717, 1.165) is 0 Å². The molecule has 0 unspecified atom stereocenters. The molecular formula is C6H9N3. The molecule has 0 saturated carbocycles. The van der Waals surface area contributed by atoms with E-state index >= 15 is 0 Å². The Kier molecular flexibility index (Phi) is 1.26. The number of rotatable bonds is 0. The molecule has 0 saturated heterocycles. The molecule has 1 heterocycles. The van der Waals surface area contributed by atoms with E-state index in [1.165, 1.54) is 0 Å². The average molecular weight is 123 g/mol. The van der Waals surface area contributed by atoms with E-state index in [0.29, 0.717) is 11.5 Å². The van der Waals surface area contributed by atoms with Gasteiger partial charge < -0.3 is 10.6 Å². The number of allylic oxidation sites excluding steroid dienone is 1. The second kappa shape index (κ2) is 1.93. The Morgan fingerprint density at radius 3 is 2.89 bits per heavy atom. The molecule has 0 aromatic carbocycles. The lowest BCUT2D eigenvalue weighted by Gasteiger charge is -2.16. The van der Waals surface area contributed by atoms with Gasteiger partial charge in [0, 0.05) is 13.2 Å². The SMILES string of the molecule is C=C1N=CC(N)=CN1C. The summed E-state index contributed by atoms with van der Waals surface area (Å²) in [6.07, 6.45) is 3.36. The van der Waals surface area contributed by atoms with E-state index in [2.05, 4.69) is 11.6 Å². The van der Waals surface area contributed by atoms with Crippen LogP contribution in [0.3, 0.4) is 0 Å². The molecule has 0 amide bonds. The van der Waals surface area contributed by atoms with Gasteiger partial charge in [-0.3, -0.25) is 0 Å². The summed E-state index contributed by atoms with van der Waals surface area (Å²) in [5.41, 5.74) is 6.07. The van der Waals surface area contributed by atoms with Crippen LogP contribution in [-0.4, -0.2) is 18.2 Å². The Bertz CT molecular complexity index is 190. The molecule has 1 aliphatic heterocycles. The van der Waals surface area contributed by atoms with Crippen LogP contribution in [0.2, 0.25) is 0 Å². The van der Waals surface area contributed by atoms with Gasteiger partial charge in [0.1, 0.15) is 5.82 Å². The van der Waals surface area contributed by atoms with Crippen molar-refractivity contribution in [3.8, 4) is 0 Å². The van der Waals surface area contributed by atoms with Crippen LogP contribution in [0.4, 0.5) is 0 Å². The molecule has 0 atom stereocenters. The molecule has 2 N–H and O–H groups in total. The van der Waals surface area contributed by atoms with Crippen LogP contribution >= 0.6 is 0 Å². The Morgan fingerprint density at radius 1 is 1.78 bits per heavy atom. The van der Waals surface area contributed by atoms with Gasteiger partial charge in [-0.15, -0.1) is 0 Å². The third-order valence-corrected chi connectivity index (χ3v) is 1.11. The molecule has 3 nitrogen and oxygen atoms in total. The van der Waals surface area contributed by atoms with Gasteiger partial charge in [0.25, 0.3) is 0 Å². The summed E-state index contributed by atoms with van der Waals surface area (Å²) in [5, 5.41) is 0. The second-order valence-corrected chi connectivity index (χ2v) is 1.91. The summed E-state index contributed by atoms with van der Waals surface area (Å²) in [5.74, 6) is 0.712. The summed E-state index contributed by atoms with van der Waals surface area (Å²) in [6.45, 7) is 3.66. The Labute approximate surface area is 54.2 Å². The smallest absolute Gasteiger partial charge is 0.125 e. The number of hydrogen-bond donors (Lipinski definition) is 1. The molecule has 3 heteroatoms. The summed E-state index contributed by atoms with van der Waals surface area (Å²) < 4.78 is 0. The van der Waals surface area contributed by atoms with Gasteiger partial charge in [-0.2, -0.15) is 0 Å². The highest BCUT2D eigenvalue weighted by atomic mass is 15.2. The molecule has 0 spiro atoms. The van der Waals surface area contributed by atoms with Gasteiger partial charge in [-0.25, -0.2) is 4.99 Å². The van der Waals surface area contributed by atoms with Crippen molar-refractivity contribution >= 4 is 6.21 Å². The molecule has 9 heavy (non-hydrogen) atoms. The molecular weight excluding hydrogens is 114 g/mol. The molecule has 0 aromatic rings. The predicted octanol–water partition coefficient (Wildman–Crippen LogP) is 0.274. The van der Waals surface area contributed by atoms with Crippen molar-refractivity contribution < 1.29 is 0 Å². The largest absolute Gasteiger partial charge is 0.396 e. The normalized spacial score (nSPS) is 18.1. The van der Waals surface area contributed by atoms with Gasteiger partial charge in [-0.05, 0) is 0 Å². The van der Waals surface area contributed by atoms with E-state index in [4.69, 9.17) is 5.73 Å². The van der Waals surface area contributed by atoms with Crippen LogP contribution in [0, 0.1) is 0 Å². The third kappa shape index (κ3) is 1.10. The Morgan fingerprint density at radius 2 is 2.44 bits per heavy atom. The third-order valence-electron chi connectivity index (χ3n) is 1.11. The average Bonchev–Trinajstić information content (AvgIpc) is 1.80. The maximum Gasteiger partial charge on any atom is 0.125 e. The summed E-state index contributed by atoms with van der Waals surface area (Å²) >= 11 is 0. The molecule has 0 aliphatic carbocycles. The summed E-state index contributed by atoms with van der Waals surface area (Å²) in [7, 11) is 1.85. The number of nitrogens with two attached hydrogens (primary N) is 1. The molecule has 0 aromatic heterocycles. The quantitative estimate of drug-likeness (QED) is 0.502. The van der Waals surface area contributed by atoms with E-state index in [1.807, 2.05) is 7.05 Å². The minimum absolute atomic E-state index is 0.657. The van der Waals surface area contributed by atoms with Crippen LogP contribution in [0.15, 0.2) is 29.3 Å². The topological polar surface area (TPSA) is 41.6 Å². The van der Waals surface area contributed by atoms with Crippen molar-refractivity contribution in [2.45, 2.75) is 0 Å². The highest BCUT2D eigenvalue weighted by Crippen LogP contribution is 2.05. The highest BCUT2D eigenvalue weighted by Gasteiger charge is 2.00. The van der Waals surface area contributed by atoms with Gasteiger partial charge in [0.15, 0.2) is 0 Å². The summed E-state index contributed by atoms with van der Waals surface area (Å²) in [6, 6.07) is 0. The monoisotopic (exact) mass is 123 g/mol. The van der Waals surface area contributed by atoms with Crippen LogP contribution in [0.25, 0.3) is 0 Å². The maximum atomic E-state index is 5.42. The lowest BCUT2D eigenvalue weighted by Crippen LogP contribution is -2.16. The zero-order valence-electron chi connectivity index (χ0n) is 5.33. The maximum absolute atomic E-state index is 5.42. The number of aliphatic imine (C=N–C) groups is 1.